The predicted octanol–water partition coefficient (Wildman–Crippen LogP) is 3.83. The number of nitrogens with zero attached hydrogens (tertiary/aromatic N) is 5. The number of ether oxygens (including phenoxy) is 6. The minimum Gasteiger partial charge on any atom is -0.491 e. The highest BCUT2D eigenvalue weighted by atomic mass is 35.5. The van der Waals surface area contributed by atoms with Crippen LogP contribution in [0, 0.1) is 12.3 Å². The number of thioether (sulfide) groups is 1. The summed E-state index contributed by atoms with van der Waals surface area (Å²) in [6.45, 7) is 5.79. The maximum atomic E-state index is 9.15. The highest BCUT2D eigenvalue weighted by Crippen LogP contribution is 2.38. The van der Waals surface area contributed by atoms with Crippen molar-refractivity contribution in [2.75, 3.05) is 88.7 Å². The highest BCUT2D eigenvalue weighted by Gasteiger charge is 2.33. The zero-order chi connectivity index (χ0) is 32.8. The zero-order valence-electron chi connectivity index (χ0n) is 26.1. The average Bonchev–Trinajstić information content (AvgIpc) is 3.68. The van der Waals surface area contributed by atoms with E-state index in [4.69, 9.17) is 56.2 Å². The van der Waals surface area contributed by atoms with Crippen LogP contribution in [0.25, 0.3) is 11.0 Å². The van der Waals surface area contributed by atoms with Crippen molar-refractivity contribution in [3.05, 3.63) is 41.3 Å². The van der Waals surface area contributed by atoms with Gasteiger partial charge in [0.1, 0.15) is 24.8 Å². The number of aromatic nitrogens is 4. The molecular formula is C31H41ClN5O8PS. The van der Waals surface area contributed by atoms with E-state index in [2.05, 4.69) is 38.0 Å². The molecule has 2 atom stereocenters. The summed E-state index contributed by atoms with van der Waals surface area (Å²) in [5, 5.41) is 5.61. The van der Waals surface area contributed by atoms with Crippen LogP contribution in [-0.2, 0) is 23.7 Å². The van der Waals surface area contributed by atoms with Gasteiger partial charge in [0.15, 0.2) is 20.3 Å². The van der Waals surface area contributed by atoms with Crippen LogP contribution in [0.1, 0.15) is 30.6 Å². The molecule has 4 heterocycles. The fraction of sp³-hybridized carbons (Fsp3) is 0.581. The van der Waals surface area contributed by atoms with Crippen LogP contribution in [-0.4, -0.2) is 119 Å². The Morgan fingerprint density at radius 1 is 0.957 bits per heavy atom. The third kappa shape index (κ3) is 10.9. The Balaban J connectivity index is 0.995. The molecule has 13 nitrogen and oxygen atoms in total. The summed E-state index contributed by atoms with van der Waals surface area (Å²) in [5.41, 5.74) is 2.21. The van der Waals surface area contributed by atoms with E-state index in [1.165, 1.54) is 17.3 Å². The molecule has 2 aliphatic heterocycles. The molecule has 2 saturated heterocycles. The van der Waals surface area contributed by atoms with E-state index in [0.29, 0.717) is 82.3 Å². The lowest BCUT2D eigenvalue weighted by Gasteiger charge is -2.40. The average molecular weight is 710 g/mol. The molecule has 2 fully saturated rings. The third-order valence-electron chi connectivity index (χ3n) is 7.61. The van der Waals surface area contributed by atoms with Gasteiger partial charge in [-0.1, -0.05) is 18.1 Å². The molecule has 1 aromatic carbocycles. The van der Waals surface area contributed by atoms with Gasteiger partial charge >= 0.3 is 0 Å². The Morgan fingerprint density at radius 2 is 1.64 bits per heavy atom. The number of anilines is 1. The topological polar surface area (TPSA) is 143 Å². The first-order valence-corrected chi connectivity index (χ1v) is 18.5. The molecule has 16 heteroatoms. The number of hydrogen-bond acceptors (Lipinski definition) is 13. The minimum absolute atomic E-state index is 0.0242. The normalized spacial score (nSPS) is 18.2. The van der Waals surface area contributed by atoms with Gasteiger partial charge in [-0.15, -0.1) is 18.2 Å². The largest absolute Gasteiger partial charge is 0.491 e. The molecule has 0 radical (unpaired) electrons. The van der Waals surface area contributed by atoms with Crippen LogP contribution in [0.15, 0.2) is 30.5 Å². The molecule has 2 aromatic heterocycles. The second kappa shape index (κ2) is 19.0. The highest BCUT2D eigenvalue weighted by molar-refractivity contribution is 8.03. The Labute approximate surface area is 285 Å². The Kier molecular flexibility index (Phi) is 14.6. The number of terminal acetylenes is 1. The standard InChI is InChI=1S/C31H41ClN5O8PS/c1-2-9-40-10-11-41-12-13-42-14-15-43-16-17-44-25-5-3-23(4-6-25)24-19-36(20-24)29-27-18-33-37(30(27)35-31(32)34-29)28-8-7-26(45-28)21-47-22-46(38)39/h1,3-6,18,24,26,28,38-39H,7-17,19-22H2. The van der Waals surface area contributed by atoms with Crippen molar-refractivity contribution in [2.45, 2.75) is 31.1 Å². The van der Waals surface area contributed by atoms with Crippen LogP contribution in [0.3, 0.4) is 0 Å². The van der Waals surface area contributed by atoms with Gasteiger partial charge in [0.05, 0.1) is 69.4 Å². The summed E-state index contributed by atoms with van der Waals surface area (Å²) in [7, 11) is -1.90. The Bertz CT molecular complexity index is 1430. The van der Waals surface area contributed by atoms with Gasteiger partial charge in [0.2, 0.25) is 5.28 Å². The van der Waals surface area contributed by atoms with E-state index < -0.39 is 8.38 Å². The van der Waals surface area contributed by atoms with Crippen LogP contribution >= 0.6 is 31.7 Å². The summed E-state index contributed by atoms with van der Waals surface area (Å²) in [4.78, 5) is 29.5. The zero-order valence-corrected chi connectivity index (χ0v) is 28.6. The minimum atomic E-state index is -1.90. The molecule has 0 saturated carbocycles. The Morgan fingerprint density at radius 3 is 2.32 bits per heavy atom. The van der Waals surface area contributed by atoms with Gasteiger partial charge < -0.3 is 43.1 Å². The molecule has 256 valence electrons. The van der Waals surface area contributed by atoms with Gasteiger partial charge in [-0.3, -0.25) is 0 Å². The summed E-state index contributed by atoms with van der Waals surface area (Å²) < 4.78 is 35.4. The van der Waals surface area contributed by atoms with Crippen molar-refractivity contribution < 1.29 is 38.2 Å². The van der Waals surface area contributed by atoms with Crippen molar-refractivity contribution in [1.29, 1.82) is 0 Å². The summed E-state index contributed by atoms with van der Waals surface area (Å²) >= 11 is 7.86. The smallest absolute Gasteiger partial charge is 0.226 e. The maximum absolute atomic E-state index is 9.15. The number of benzene rings is 1. The number of rotatable bonds is 21. The van der Waals surface area contributed by atoms with Gasteiger partial charge in [-0.2, -0.15) is 15.1 Å². The molecule has 5 rings (SSSR count). The van der Waals surface area contributed by atoms with Gasteiger partial charge in [-0.05, 0) is 42.1 Å². The van der Waals surface area contributed by atoms with Crippen molar-refractivity contribution in [3.63, 3.8) is 0 Å². The fourth-order valence-corrected chi connectivity index (χ4v) is 7.04. The summed E-state index contributed by atoms with van der Waals surface area (Å²) in [5.74, 6) is 5.03. The van der Waals surface area contributed by atoms with Crippen LogP contribution in [0.2, 0.25) is 5.28 Å². The molecular weight excluding hydrogens is 669 g/mol. The molecule has 3 aromatic rings. The lowest BCUT2D eigenvalue weighted by Crippen LogP contribution is -2.45. The molecule has 0 aliphatic carbocycles. The maximum Gasteiger partial charge on any atom is 0.226 e. The molecule has 2 N–H and O–H groups in total. The van der Waals surface area contributed by atoms with Crippen LogP contribution in [0.4, 0.5) is 5.82 Å². The summed E-state index contributed by atoms with van der Waals surface area (Å²) in [6.07, 6.45) is 8.32. The quantitative estimate of drug-likeness (QED) is 0.0717. The molecule has 0 spiro atoms. The van der Waals surface area contributed by atoms with Crippen LogP contribution < -0.4 is 9.64 Å². The van der Waals surface area contributed by atoms with E-state index in [-0.39, 0.29) is 17.6 Å². The lowest BCUT2D eigenvalue weighted by molar-refractivity contribution is -0.00187. The monoisotopic (exact) mass is 709 g/mol. The fourth-order valence-electron chi connectivity index (χ4n) is 5.30. The third-order valence-corrected chi connectivity index (χ3v) is 10.0. The van der Waals surface area contributed by atoms with E-state index in [1.54, 1.807) is 10.9 Å². The lowest BCUT2D eigenvalue weighted by atomic mass is 9.91. The Hall–Kier alpha value is -2.28. The first-order valence-electron chi connectivity index (χ1n) is 15.5. The molecule has 0 bridgehead atoms. The first-order chi connectivity index (χ1) is 23.0. The van der Waals surface area contributed by atoms with Crippen molar-refractivity contribution in [2.24, 2.45) is 0 Å². The van der Waals surface area contributed by atoms with Crippen molar-refractivity contribution in [3.8, 4) is 18.1 Å². The van der Waals surface area contributed by atoms with E-state index in [0.717, 1.165) is 42.9 Å². The van der Waals surface area contributed by atoms with Crippen molar-refractivity contribution >= 4 is 48.6 Å². The predicted molar refractivity (Wildman–Crippen MR) is 181 cm³/mol. The molecule has 0 amide bonds. The first kappa shape index (κ1) is 36.0. The SMILES string of the molecule is C#CCOCCOCCOCCOCCOc1ccc(C2CN(c3nc(Cl)nc4c3cnn4C3CCC(CSCP(O)O)O3)C2)cc1. The summed E-state index contributed by atoms with van der Waals surface area (Å²) in [6, 6.07) is 8.18. The van der Waals surface area contributed by atoms with E-state index in [1.807, 2.05) is 12.1 Å². The number of hydrogen-bond donors (Lipinski definition) is 2. The van der Waals surface area contributed by atoms with Gasteiger partial charge in [-0.25, -0.2) is 4.68 Å². The molecule has 2 aliphatic rings. The molecule has 47 heavy (non-hydrogen) atoms. The van der Waals surface area contributed by atoms with Crippen molar-refractivity contribution in [1.82, 2.24) is 19.7 Å². The van der Waals surface area contributed by atoms with Gasteiger partial charge in [0.25, 0.3) is 0 Å². The van der Waals surface area contributed by atoms with E-state index >= 15 is 0 Å². The second-order valence-electron chi connectivity index (χ2n) is 10.9. The van der Waals surface area contributed by atoms with Gasteiger partial charge in [0, 0.05) is 24.8 Å². The van der Waals surface area contributed by atoms with Crippen LogP contribution in [0.5, 0.6) is 5.75 Å². The van der Waals surface area contributed by atoms with E-state index in [9.17, 15) is 0 Å². The number of halogens is 1. The number of fused-ring (bicyclic) bond motifs is 1. The second-order valence-corrected chi connectivity index (χ2v) is 13.8. The molecule has 2 unspecified atom stereocenters.